The first-order valence-corrected chi connectivity index (χ1v) is 7.95. The van der Waals surface area contributed by atoms with E-state index in [4.69, 9.17) is 9.15 Å². The van der Waals surface area contributed by atoms with Crippen molar-refractivity contribution >= 4 is 16.9 Å². The third-order valence-corrected chi connectivity index (χ3v) is 4.04. The smallest absolute Gasteiger partial charge is 0.237 e. The van der Waals surface area contributed by atoms with Crippen LogP contribution < -0.4 is 15.4 Å². The highest BCUT2D eigenvalue weighted by Crippen LogP contribution is 2.31. The van der Waals surface area contributed by atoms with Crippen molar-refractivity contribution in [2.75, 3.05) is 13.2 Å². The molecule has 3 N–H and O–H groups in total. The molecule has 1 aliphatic rings. The number of hydrogen-bond acceptors (Lipinski definition) is 5. The number of nitrogens with one attached hydrogen (secondary N) is 2. The van der Waals surface area contributed by atoms with Crippen LogP contribution >= 0.6 is 0 Å². The maximum atomic E-state index is 12.2. The molecule has 1 amide bonds. The molecule has 0 unspecified atom stereocenters. The van der Waals surface area contributed by atoms with Crippen LogP contribution in [0.25, 0.3) is 11.0 Å². The Labute approximate surface area is 134 Å². The number of aliphatic hydroxyl groups is 1. The van der Waals surface area contributed by atoms with E-state index in [0.29, 0.717) is 36.7 Å². The van der Waals surface area contributed by atoms with Gasteiger partial charge in [0.25, 0.3) is 0 Å². The van der Waals surface area contributed by atoms with Crippen LogP contribution in [0.1, 0.15) is 32.1 Å². The van der Waals surface area contributed by atoms with Crippen molar-refractivity contribution in [3.8, 4) is 5.75 Å². The Balaban J connectivity index is 1.74. The van der Waals surface area contributed by atoms with Crippen LogP contribution in [0.4, 0.5) is 0 Å². The van der Waals surface area contributed by atoms with Crippen LogP contribution in [0.5, 0.6) is 5.75 Å². The number of β-amino-alcohol motifs (C(OH)–C–C–N with tert-alkyl or cyclic N) is 1. The van der Waals surface area contributed by atoms with Gasteiger partial charge in [-0.3, -0.25) is 4.79 Å². The van der Waals surface area contributed by atoms with Gasteiger partial charge in [0, 0.05) is 11.9 Å². The van der Waals surface area contributed by atoms with E-state index in [1.807, 2.05) is 38.1 Å². The summed E-state index contributed by atoms with van der Waals surface area (Å²) < 4.78 is 11.5. The predicted molar refractivity (Wildman–Crippen MR) is 86.4 cm³/mol. The molecule has 1 aliphatic heterocycles. The molecule has 2 aromatic rings. The van der Waals surface area contributed by atoms with E-state index >= 15 is 0 Å². The largest absolute Gasteiger partial charge is 0.490 e. The van der Waals surface area contributed by atoms with E-state index in [1.54, 1.807) is 0 Å². The molecule has 0 radical (unpaired) electrons. The molecule has 1 fully saturated rings. The maximum Gasteiger partial charge on any atom is 0.237 e. The SMILES string of the molecule is CCOc1cccc2cc([C@H](C)NC(=O)[C@H]3C[C@H](O)CN3)oc12. The van der Waals surface area contributed by atoms with Gasteiger partial charge in [0.1, 0.15) is 5.76 Å². The lowest BCUT2D eigenvalue weighted by Gasteiger charge is -2.15. The summed E-state index contributed by atoms with van der Waals surface area (Å²) in [6.45, 7) is 4.82. The van der Waals surface area contributed by atoms with E-state index in [-0.39, 0.29) is 18.0 Å². The first-order valence-electron chi connectivity index (χ1n) is 7.95. The van der Waals surface area contributed by atoms with Crippen LogP contribution in [0.15, 0.2) is 28.7 Å². The molecule has 6 heteroatoms. The molecule has 124 valence electrons. The minimum absolute atomic E-state index is 0.125. The minimum Gasteiger partial charge on any atom is -0.490 e. The predicted octanol–water partition coefficient (Wildman–Crippen LogP) is 1.73. The Morgan fingerprint density at radius 1 is 1.57 bits per heavy atom. The Kier molecular flexibility index (Phi) is 4.54. The lowest BCUT2D eigenvalue weighted by Crippen LogP contribution is -2.41. The van der Waals surface area contributed by atoms with Gasteiger partial charge in [0.05, 0.1) is 24.8 Å². The van der Waals surface area contributed by atoms with E-state index in [1.165, 1.54) is 0 Å². The fourth-order valence-electron chi connectivity index (χ4n) is 2.84. The number of rotatable bonds is 5. The zero-order chi connectivity index (χ0) is 16.4. The maximum absolute atomic E-state index is 12.2. The molecule has 0 bridgehead atoms. The van der Waals surface area contributed by atoms with Crippen molar-refractivity contribution in [2.24, 2.45) is 0 Å². The Morgan fingerprint density at radius 3 is 3.09 bits per heavy atom. The summed E-state index contributed by atoms with van der Waals surface area (Å²) in [4.78, 5) is 12.2. The Morgan fingerprint density at radius 2 is 2.39 bits per heavy atom. The van der Waals surface area contributed by atoms with Crippen LogP contribution in [0.2, 0.25) is 0 Å². The summed E-state index contributed by atoms with van der Waals surface area (Å²) in [5.41, 5.74) is 0.694. The minimum atomic E-state index is -0.457. The number of amides is 1. The number of hydrogen-bond donors (Lipinski definition) is 3. The highest BCUT2D eigenvalue weighted by atomic mass is 16.5. The first-order chi connectivity index (χ1) is 11.1. The molecule has 3 atom stereocenters. The van der Waals surface area contributed by atoms with Gasteiger partial charge in [-0.25, -0.2) is 0 Å². The second-order valence-electron chi connectivity index (χ2n) is 5.84. The third kappa shape index (κ3) is 3.33. The first kappa shape index (κ1) is 15.8. The second kappa shape index (κ2) is 6.60. The van der Waals surface area contributed by atoms with Gasteiger partial charge in [0.2, 0.25) is 5.91 Å². The molecular formula is C17H22N2O4. The quantitative estimate of drug-likeness (QED) is 0.782. The monoisotopic (exact) mass is 318 g/mol. The number of carbonyl (C=O) groups excluding carboxylic acids is 1. The van der Waals surface area contributed by atoms with Gasteiger partial charge in [-0.1, -0.05) is 12.1 Å². The summed E-state index contributed by atoms with van der Waals surface area (Å²) in [7, 11) is 0. The van der Waals surface area contributed by atoms with E-state index in [9.17, 15) is 9.90 Å². The molecule has 3 rings (SSSR count). The summed E-state index contributed by atoms with van der Waals surface area (Å²) in [6, 6.07) is 7.04. The van der Waals surface area contributed by atoms with Gasteiger partial charge >= 0.3 is 0 Å². The normalized spacial score (nSPS) is 22.2. The van der Waals surface area contributed by atoms with Gasteiger partial charge in [-0.15, -0.1) is 0 Å². The van der Waals surface area contributed by atoms with Crippen molar-refractivity contribution < 1.29 is 19.1 Å². The van der Waals surface area contributed by atoms with E-state index < -0.39 is 6.10 Å². The summed E-state index contributed by atoms with van der Waals surface area (Å²) >= 11 is 0. The van der Waals surface area contributed by atoms with Crippen LogP contribution in [-0.4, -0.2) is 36.3 Å². The molecule has 2 heterocycles. The molecule has 23 heavy (non-hydrogen) atoms. The topological polar surface area (TPSA) is 83.7 Å². The van der Waals surface area contributed by atoms with Crippen molar-refractivity contribution in [3.63, 3.8) is 0 Å². The van der Waals surface area contributed by atoms with Crippen molar-refractivity contribution in [3.05, 3.63) is 30.0 Å². The second-order valence-corrected chi connectivity index (χ2v) is 5.84. The Bertz CT molecular complexity index is 697. The van der Waals surface area contributed by atoms with Gasteiger partial charge in [-0.05, 0) is 32.4 Å². The number of ether oxygens (including phenoxy) is 1. The van der Waals surface area contributed by atoms with Crippen molar-refractivity contribution in [1.29, 1.82) is 0 Å². The Hall–Kier alpha value is -2.05. The molecule has 0 spiro atoms. The molecule has 0 aliphatic carbocycles. The standard InChI is InChI=1S/C17H22N2O4/c1-3-22-14-6-4-5-11-7-15(23-16(11)14)10(2)19-17(21)13-8-12(20)9-18-13/h4-7,10,12-13,18,20H,3,8-9H2,1-2H3,(H,19,21)/t10-,12-,13+/m0/s1. The molecule has 6 nitrogen and oxygen atoms in total. The summed E-state index contributed by atoms with van der Waals surface area (Å²) in [6.07, 6.45) is -0.0197. The van der Waals surface area contributed by atoms with E-state index in [2.05, 4.69) is 10.6 Å². The average molecular weight is 318 g/mol. The number of carbonyl (C=O) groups is 1. The number of benzene rings is 1. The van der Waals surface area contributed by atoms with Crippen molar-refractivity contribution in [1.82, 2.24) is 10.6 Å². The fourth-order valence-corrected chi connectivity index (χ4v) is 2.84. The molecule has 1 aromatic carbocycles. The van der Waals surface area contributed by atoms with E-state index in [0.717, 1.165) is 5.39 Å². The average Bonchev–Trinajstić information content (AvgIpc) is 3.14. The molecule has 1 aromatic heterocycles. The highest BCUT2D eigenvalue weighted by molar-refractivity contribution is 5.85. The zero-order valence-electron chi connectivity index (χ0n) is 13.3. The van der Waals surface area contributed by atoms with Crippen LogP contribution in [-0.2, 0) is 4.79 Å². The third-order valence-electron chi connectivity index (χ3n) is 4.04. The number of aliphatic hydroxyl groups excluding tert-OH is 1. The number of fused-ring (bicyclic) bond motifs is 1. The lowest BCUT2D eigenvalue weighted by atomic mass is 10.1. The van der Waals surface area contributed by atoms with Gasteiger partial charge < -0.3 is 24.9 Å². The van der Waals surface area contributed by atoms with Gasteiger partial charge in [0.15, 0.2) is 11.3 Å². The highest BCUT2D eigenvalue weighted by Gasteiger charge is 2.29. The van der Waals surface area contributed by atoms with Crippen LogP contribution in [0.3, 0.4) is 0 Å². The van der Waals surface area contributed by atoms with Crippen LogP contribution in [0, 0.1) is 0 Å². The fraction of sp³-hybridized carbons (Fsp3) is 0.471. The van der Waals surface area contributed by atoms with Crippen molar-refractivity contribution in [2.45, 2.75) is 38.5 Å². The molecule has 0 saturated carbocycles. The summed E-state index contributed by atoms with van der Waals surface area (Å²) in [5.74, 6) is 1.26. The molecule has 1 saturated heterocycles. The molecular weight excluding hydrogens is 296 g/mol. The lowest BCUT2D eigenvalue weighted by molar-refractivity contribution is -0.123. The zero-order valence-corrected chi connectivity index (χ0v) is 13.3. The number of furan rings is 1. The summed E-state index contributed by atoms with van der Waals surface area (Å²) in [5, 5.41) is 16.4. The number of para-hydroxylation sites is 1. The van der Waals surface area contributed by atoms with Gasteiger partial charge in [-0.2, -0.15) is 0 Å².